The maximum Gasteiger partial charge on any atom is 0.573 e. The van der Waals surface area contributed by atoms with E-state index in [9.17, 15) is 18.3 Å². The molecule has 0 saturated carbocycles. The average molecular weight is 380 g/mol. The molecule has 2 rings (SSSR count). The summed E-state index contributed by atoms with van der Waals surface area (Å²) in [7, 11) is 0. The highest BCUT2D eigenvalue weighted by Gasteiger charge is 2.30. The number of aliphatic hydroxyl groups is 1. The molecule has 0 radical (unpaired) electrons. The highest BCUT2D eigenvalue weighted by Crippen LogP contribution is 2.27. The van der Waals surface area contributed by atoms with Gasteiger partial charge in [0.05, 0.1) is 10.9 Å². The number of rotatable bonds is 5. The first-order valence-electron chi connectivity index (χ1n) is 6.59. The van der Waals surface area contributed by atoms with E-state index >= 15 is 0 Å². The SMILES string of the molecule is NC(=NCC(O)c1ccc(Cl)s1)Nc1ccc(OC(F)(F)F)cc1. The number of anilines is 1. The second-order valence-electron chi connectivity index (χ2n) is 4.58. The second kappa shape index (κ2) is 7.73. The summed E-state index contributed by atoms with van der Waals surface area (Å²) in [6.45, 7) is 0.0188. The number of ether oxygens (including phenoxy) is 1. The zero-order valence-electron chi connectivity index (χ0n) is 12.0. The number of halogens is 4. The fourth-order valence-corrected chi connectivity index (χ4v) is 2.75. The van der Waals surface area contributed by atoms with Gasteiger partial charge >= 0.3 is 6.36 Å². The van der Waals surface area contributed by atoms with Crippen molar-refractivity contribution in [2.45, 2.75) is 12.5 Å². The molecule has 1 heterocycles. The molecule has 10 heteroatoms. The molecule has 5 nitrogen and oxygen atoms in total. The molecule has 1 aromatic carbocycles. The van der Waals surface area contributed by atoms with Gasteiger partial charge in [0, 0.05) is 10.6 Å². The summed E-state index contributed by atoms with van der Waals surface area (Å²) in [5.74, 6) is -0.324. The Kier molecular flexibility index (Phi) is 5.92. The van der Waals surface area contributed by atoms with Gasteiger partial charge in [-0.1, -0.05) is 11.6 Å². The topological polar surface area (TPSA) is 79.9 Å². The number of alkyl halides is 3. The number of nitrogens with zero attached hydrogens (tertiary/aromatic N) is 1. The lowest BCUT2D eigenvalue weighted by molar-refractivity contribution is -0.274. The van der Waals surface area contributed by atoms with Gasteiger partial charge in [0.25, 0.3) is 0 Å². The van der Waals surface area contributed by atoms with Crippen LogP contribution in [0, 0.1) is 0 Å². The van der Waals surface area contributed by atoms with Crippen LogP contribution in [0.15, 0.2) is 41.4 Å². The Balaban J connectivity index is 1.90. The fourth-order valence-electron chi connectivity index (χ4n) is 1.71. The van der Waals surface area contributed by atoms with Gasteiger partial charge < -0.3 is 20.9 Å². The van der Waals surface area contributed by atoms with Crippen LogP contribution in [0.3, 0.4) is 0 Å². The first kappa shape index (κ1) is 18.4. The van der Waals surface area contributed by atoms with Crippen molar-refractivity contribution < 1.29 is 23.0 Å². The number of hydrogen-bond acceptors (Lipinski definition) is 4. The van der Waals surface area contributed by atoms with Crippen LogP contribution in [0.1, 0.15) is 11.0 Å². The van der Waals surface area contributed by atoms with Crippen LogP contribution in [0.5, 0.6) is 5.75 Å². The van der Waals surface area contributed by atoms with Crippen LogP contribution in [-0.2, 0) is 0 Å². The van der Waals surface area contributed by atoms with E-state index in [0.717, 1.165) is 12.1 Å². The molecule has 0 bridgehead atoms. The third-order valence-electron chi connectivity index (χ3n) is 2.72. The molecule has 0 spiro atoms. The number of nitrogens with one attached hydrogen (secondary N) is 1. The average Bonchev–Trinajstić information content (AvgIpc) is 2.92. The van der Waals surface area contributed by atoms with Gasteiger partial charge in [0.15, 0.2) is 5.96 Å². The molecule has 0 saturated heterocycles. The van der Waals surface area contributed by atoms with Crippen molar-refractivity contribution in [3.05, 3.63) is 45.6 Å². The minimum atomic E-state index is -4.74. The molecule has 2 aromatic rings. The molecule has 4 N–H and O–H groups in total. The molecular weight excluding hydrogens is 367 g/mol. The van der Waals surface area contributed by atoms with Crippen molar-refractivity contribution >= 4 is 34.6 Å². The van der Waals surface area contributed by atoms with Crippen molar-refractivity contribution in [1.29, 1.82) is 0 Å². The van der Waals surface area contributed by atoms with Crippen molar-refractivity contribution in [3.63, 3.8) is 0 Å². The quantitative estimate of drug-likeness (QED) is 0.546. The normalized spacial score (nSPS) is 13.6. The van der Waals surface area contributed by atoms with E-state index in [1.165, 1.54) is 23.5 Å². The van der Waals surface area contributed by atoms with Crippen LogP contribution in [-0.4, -0.2) is 24.0 Å². The van der Waals surface area contributed by atoms with E-state index in [0.29, 0.717) is 14.9 Å². The van der Waals surface area contributed by atoms with Crippen LogP contribution in [0.2, 0.25) is 4.34 Å². The van der Waals surface area contributed by atoms with E-state index in [2.05, 4.69) is 15.0 Å². The number of aliphatic hydroxyl groups excluding tert-OH is 1. The fraction of sp³-hybridized carbons (Fsp3) is 0.214. The Hall–Kier alpha value is -1.97. The van der Waals surface area contributed by atoms with Crippen LogP contribution >= 0.6 is 22.9 Å². The maximum absolute atomic E-state index is 12.1. The predicted octanol–water partition coefficient (Wildman–Crippen LogP) is 3.76. The van der Waals surface area contributed by atoms with E-state index in [4.69, 9.17) is 17.3 Å². The number of guanidine groups is 1. The Morgan fingerprint density at radius 2 is 1.96 bits per heavy atom. The third kappa shape index (κ3) is 5.91. The lowest BCUT2D eigenvalue weighted by Crippen LogP contribution is -2.23. The number of aliphatic imine (C=N–C) groups is 1. The predicted molar refractivity (Wildman–Crippen MR) is 87.5 cm³/mol. The van der Waals surface area contributed by atoms with Gasteiger partial charge in [-0.25, -0.2) is 0 Å². The molecular formula is C14H13ClF3N3O2S. The Bertz CT molecular complexity index is 704. The standard InChI is InChI=1S/C14H13ClF3N3O2S/c15-12-6-5-11(24-12)10(22)7-20-13(19)21-8-1-3-9(4-2-8)23-14(16,17)18/h1-6,10,22H,7H2,(H3,19,20,21). The summed E-state index contributed by atoms with van der Waals surface area (Å²) in [6.07, 6.45) is -5.58. The van der Waals surface area contributed by atoms with Gasteiger partial charge in [0.2, 0.25) is 0 Å². The summed E-state index contributed by atoms with van der Waals surface area (Å²) in [5, 5.41) is 12.6. The molecule has 0 fully saturated rings. The van der Waals surface area contributed by atoms with Crippen LogP contribution < -0.4 is 15.8 Å². The molecule has 0 aliphatic carbocycles. The smallest absolute Gasteiger partial charge is 0.406 e. The summed E-state index contributed by atoms with van der Waals surface area (Å²) in [6, 6.07) is 8.37. The molecule has 24 heavy (non-hydrogen) atoms. The van der Waals surface area contributed by atoms with Crippen LogP contribution in [0.4, 0.5) is 18.9 Å². The summed E-state index contributed by atoms with van der Waals surface area (Å²) < 4.78 is 40.5. The third-order valence-corrected chi connectivity index (χ3v) is 4.05. The number of benzene rings is 1. The minimum Gasteiger partial charge on any atom is -0.406 e. The van der Waals surface area contributed by atoms with Crippen molar-refractivity contribution in [2.75, 3.05) is 11.9 Å². The lowest BCUT2D eigenvalue weighted by atomic mass is 10.3. The van der Waals surface area contributed by atoms with Gasteiger partial charge in [-0.3, -0.25) is 4.99 Å². The zero-order valence-corrected chi connectivity index (χ0v) is 13.6. The van der Waals surface area contributed by atoms with E-state index in [-0.39, 0.29) is 18.3 Å². The van der Waals surface area contributed by atoms with E-state index < -0.39 is 12.5 Å². The largest absolute Gasteiger partial charge is 0.573 e. The van der Waals surface area contributed by atoms with Gasteiger partial charge in [-0.15, -0.1) is 24.5 Å². The lowest BCUT2D eigenvalue weighted by Gasteiger charge is -2.10. The molecule has 0 aliphatic rings. The first-order chi connectivity index (χ1) is 11.2. The van der Waals surface area contributed by atoms with Gasteiger partial charge in [0.1, 0.15) is 11.9 Å². The van der Waals surface area contributed by atoms with E-state index in [1.54, 1.807) is 12.1 Å². The molecule has 0 amide bonds. The second-order valence-corrected chi connectivity index (χ2v) is 6.33. The Morgan fingerprint density at radius 1 is 1.29 bits per heavy atom. The number of nitrogens with two attached hydrogens (primary N) is 1. The molecule has 0 aliphatic heterocycles. The number of hydrogen-bond donors (Lipinski definition) is 3. The van der Waals surface area contributed by atoms with E-state index in [1.807, 2.05) is 0 Å². The molecule has 1 unspecified atom stereocenters. The molecule has 130 valence electrons. The monoisotopic (exact) mass is 379 g/mol. The zero-order chi connectivity index (χ0) is 17.7. The summed E-state index contributed by atoms with van der Waals surface area (Å²) in [4.78, 5) is 4.63. The van der Waals surface area contributed by atoms with Gasteiger partial charge in [-0.05, 0) is 36.4 Å². The number of thiophene rings is 1. The minimum absolute atomic E-state index is 0.0150. The maximum atomic E-state index is 12.1. The van der Waals surface area contributed by atoms with Crippen molar-refractivity contribution in [2.24, 2.45) is 10.7 Å². The Morgan fingerprint density at radius 3 is 2.50 bits per heavy atom. The van der Waals surface area contributed by atoms with Crippen LogP contribution in [0.25, 0.3) is 0 Å². The summed E-state index contributed by atoms with van der Waals surface area (Å²) >= 11 is 7.02. The van der Waals surface area contributed by atoms with Crippen molar-refractivity contribution in [3.8, 4) is 5.75 Å². The van der Waals surface area contributed by atoms with Crippen molar-refractivity contribution in [1.82, 2.24) is 0 Å². The highest BCUT2D eigenvalue weighted by atomic mass is 35.5. The molecule has 1 atom stereocenters. The summed E-state index contributed by atoms with van der Waals surface area (Å²) in [5.41, 5.74) is 6.10. The Labute approximate surface area is 144 Å². The first-order valence-corrected chi connectivity index (χ1v) is 7.78. The van der Waals surface area contributed by atoms with Gasteiger partial charge in [-0.2, -0.15) is 0 Å². The molecule has 1 aromatic heterocycles. The highest BCUT2D eigenvalue weighted by molar-refractivity contribution is 7.16.